The Kier molecular flexibility index (Phi) is 4.85. The van der Waals surface area contributed by atoms with Crippen molar-refractivity contribution in [3.05, 3.63) is 29.3 Å². The molecule has 1 aromatic carbocycles. The Morgan fingerprint density at radius 3 is 3.00 bits per heavy atom. The highest BCUT2D eigenvalue weighted by molar-refractivity contribution is 5.35. The van der Waals surface area contributed by atoms with Crippen LogP contribution < -0.4 is 10.1 Å². The first kappa shape index (κ1) is 16.6. The van der Waals surface area contributed by atoms with Gasteiger partial charge in [0.25, 0.3) is 0 Å². The fourth-order valence-electron chi connectivity index (χ4n) is 4.05. The lowest BCUT2D eigenvalue weighted by atomic mass is 9.70. The summed E-state index contributed by atoms with van der Waals surface area (Å²) in [6.07, 6.45) is 2.89. The molecule has 0 bridgehead atoms. The van der Waals surface area contributed by atoms with E-state index in [0.29, 0.717) is 24.9 Å². The van der Waals surface area contributed by atoms with Crippen LogP contribution in [0.1, 0.15) is 24.8 Å². The van der Waals surface area contributed by atoms with E-state index in [1.165, 1.54) is 13.2 Å². The van der Waals surface area contributed by atoms with E-state index in [-0.39, 0.29) is 17.6 Å². The lowest BCUT2D eigenvalue weighted by molar-refractivity contribution is -0.0227. The number of methoxy groups -OCH3 is 1. The molecule has 2 fully saturated rings. The van der Waals surface area contributed by atoms with E-state index >= 15 is 0 Å². The number of aliphatic hydroxyl groups is 1. The van der Waals surface area contributed by atoms with Gasteiger partial charge in [0, 0.05) is 36.7 Å². The van der Waals surface area contributed by atoms with Crippen molar-refractivity contribution in [3.63, 3.8) is 0 Å². The third kappa shape index (κ3) is 3.07. The number of benzene rings is 1. The van der Waals surface area contributed by atoms with E-state index < -0.39 is 11.6 Å². The van der Waals surface area contributed by atoms with Crippen LogP contribution in [0.25, 0.3) is 0 Å². The monoisotopic (exact) mass is 326 g/mol. The number of rotatable bonds is 4. The molecule has 0 amide bonds. The van der Waals surface area contributed by atoms with Gasteiger partial charge in [-0.2, -0.15) is 0 Å². The summed E-state index contributed by atoms with van der Waals surface area (Å²) in [7, 11) is 1.46. The van der Waals surface area contributed by atoms with Crippen LogP contribution in [-0.2, 0) is 6.54 Å². The van der Waals surface area contributed by atoms with E-state index in [4.69, 9.17) is 4.74 Å². The maximum absolute atomic E-state index is 14.2. The van der Waals surface area contributed by atoms with Gasteiger partial charge in [0.15, 0.2) is 11.6 Å². The minimum atomic E-state index is -0.855. The fourth-order valence-corrected chi connectivity index (χ4v) is 4.05. The van der Waals surface area contributed by atoms with Crippen LogP contribution in [0.15, 0.2) is 12.1 Å². The lowest BCUT2D eigenvalue weighted by Crippen LogP contribution is -2.61. The molecule has 2 aliphatic rings. The number of piperidine rings is 2. The van der Waals surface area contributed by atoms with Crippen LogP contribution in [0.3, 0.4) is 0 Å². The van der Waals surface area contributed by atoms with Crippen molar-refractivity contribution in [2.75, 3.05) is 33.4 Å². The molecule has 0 radical (unpaired) electrons. The number of hydrogen-bond donors (Lipinski definition) is 2. The summed E-state index contributed by atoms with van der Waals surface area (Å²) in [5.41, 5.74) is 0.0656. The zero-order chi connectivity index (χ0) is 16.4. The molecule has 1 aromatic rings. The third-order valence-corrected chi connectivity index (χ3v) is 5.32. The SMILES string of the molecule is COc1ccc(F)c(F)c1CN1CCC2NCCCC2(CO)C1. The molecule has 3 rings (SSSR count). The number of hydrogen-bond acceptors (Lipinski definition) is 4. The average Bonchev–Trinajstić information content (AvgIpc) is 2.59. The lowest BCUT2D eigenvalue weighted by Gasteiger charge is -2.50. The number of halogens is 2. The van der Waals surface area contributed by atoms with Crippen LogP contribution in [0.5, 0.6) is 5.75 Å². The van der Waals surface area contributed by atoms with E-state index in [1.54, 1.807) is 0 Å². The highest BCUT2D eigenvalue weighted by Crippen LogP contribution is 2.38. The molecule has 2 atom stereocenters. The second-order valence-electron chi connectivity index (χ2n) is 6.67. The van der Waals surface area contributed by atoms with Gasteiger partial charge in [0.1, 0.15) is 5.75 Å². The molecular weight excluding hydrogens is 302 g/mol. The summed E-state index contributed by atoms with van der Waals surface area (Å²) in [5, 5.41) is 13.4. The molecule has 128 valence electrons. The first-order chi connectivity index (χ1) is 11.1. The minimum Gasteiger partial charge on any atom is -0.496 e. The molecule has 2 aliphatic heterocycles. The second kappa shape index (κ2) is 6.71. The molecule has 0 aromatic heterocycles. The van der Waals surface area contributed by atoms with Crippen molar-refractivity contribution in [2.24, 2.45) is 5.41 Å². The number of nitrogens with zero attached hydrogens (tertiary/aromatic N) is 1. The van der Waals surface area contributed by atoms with Gasteiger partial charge in [0.2, 0.25) is 0 Å². The van der Waals surface area contributed by atoms with Crippen LogP contribution >= 0.6 is 0 Å². The Hall–Kier alpha value is -1.24. The van der Waals surface area contributed by atoms with Gasteiger partial charge in [0.05, 0.1) is 13.7 Å². The smallest absolute Gasteiger partial charge is 0.167 e. The van der Waals surface area contributed by atoms with Gasteiger partial charge in [-0.1, -0.05) is 0 Å². The number of aliphatic hydroxyl groups excluding tert-OH is 1. The molecule has 4 nitrogen and oxygen atoms in total. The molecule has 0 spiro atoms. The molecule has 2 saturated heterocycles. The Morgan fingerprint density at radius 2 is 2.26 bits per heavy atom. The van der Waals surface area contributed by atoms with Gasteiger partial charge in [-0.15, -0.1) is 0 Å². The standard InChI is InChI=1S/C17H24F2N2O2/c1-23-14-4-3-13(18)16(19)12(14)9-21-8-5-15-17(10-21,11-22)6-2-7-20-15/h3-4,15,20,22H,2,5-11H2,1H3. The summed E-state index contributed by atoms with van der Waals surface area (Å²) < 4.78 is 32.9. The second-order valence-corrected chi connectivity index (χ2v) is 6.67. The number of fused-ring (bicyclic) bond motifs is 1. The predicted molar refractivity (Wildman–Crippen MR) is 83.3 cm³/mol. The van der Waals surface area contributed by atoms with Crippen molar-refractivity contribution in [1.29, 1.82) is 0 Å². The maximum atomic E-state index is 14.2. The highest BCUT2D eigenvalue weighted by Gasteiger charge is 2.44. The quantitative estimate of drug-likeness (QED) is 0.887. The molecular formula is C17H24F2N2O2. The van der Waals surface area contributed by atoms with Gasteiger partial charge >= 0.3 is 0 Å². The van der Waals surface area contributed by atoms with Gasteiger partial charge in [-0.3, -0.25) is 4.90 Å². The fraction of sp³-hybridized carbons (Fsp3) is 0.647. The largest absolute Gasteiger partial charge is 0.496 e. The number of likely N-dealkylation sites (tertiary alicyclic amines) is 1. The summed E-state index contributed by atoms with van der Waals surface area (Å²) in [6.45, 7) is 2.86. The van der Waals surface area contributed by atoms with Crippen LogP contribution in [0, 0.1) is 17.0 Å². The molecule has 2 unspecified atom stereocenters. The van der Waals surface area contributed by atoms with E-state index in [2.05, 4.69) is 10.2 Å². The molecule has 6 heteroatoms. The first-order valence-electron chi connectivity index (χ1n) is 8.17. The Labute approximate surface area is 135 Å². The van der Waals surface area contributed by atoms with E-state index in [9.17, 15) is 13.9 Å². The number of ether oxygens (including phenoxy) is 1. The van der Waals surface area contributed by atoms with Crippen molar-refractivity contribution >= 4 is 0 Å². The third-order valence-electron chi connectivity index (χ3n) is 5.32. The Morgan fingerprint density at radius 1 is 1.43 bits per heavy atom. The maximum Gasteiger partial charge on any atom is 0.167 e. The zero-order valence-electron chi connectivity index (χ0n) is 13.4. The molecule has 2 heterocycles. The zero-order valence-corrected chi connectivity index (χ0v) is 13.4. The van der Waals surface area contributed by atoms with Crippen LogP contribution in [0.4, 0.5) is 8.78 Å². The van der Waals surface area contributed by atoms with Crippen molar-refractivity contribution in [3.8, 4) is 5.75 Å². The predicted octanol–water partition coefficient (Wildman–Crippen LogP) is 1.91. The highest BCUT2D eigenvalue weighted by atomic mass is 19.2. The molecule has 23 heavy (non-hydrogen) atoms. The van der Waals surface area contributed by atoms with E-state index in [0.717, 1.165) is 38.4 Å². The molecule has 2 N–H and O–H groups in total. The van der Waals surface area contributed by atoms with Crippen molar-refractivity contribution in [1.82, 2.24) is 10.2 Å². The molecule has 0 saturated carbocycles. The van der Waals surface area contributed by atoms with Crippen molar-refractivity contribution in [2.45, 2.75) is 31.8 Å². The first-order valence-corrected chi connectivity index (χ1v) is 8.17. The van der Waals surface area contributed by atoms with Gasteiger partial charge < -0.3 is 15.2 Å². The van der Waals surface area contributed by atoms with Crippen LogP contribution in [-0.4, -0.2) is 49.4 Å². The summed E-state index contributed by atoms with van der Waals surface area (Å²) >= 11 is 0. The normalized spacial score (nSPS) is 28.4. The summed E-state index contributed by atoms with van der Waals surface area (Å²) in [4.78, 5) is 2.10. The van der Waals surface area contributed by atoms with E-state index in [1.807, 2.05) is 0 Å². The summed E-state index contributed by atoms with van der Waals surface area (Å²) in [5.74, 6) is -1.33. The van der Waals surface area contributed by atoms with Gasteiger partial charge in [-0.05, 0) is 37.9 Å². The summed E-state index contributed by atoms with van der Waals surface area (Å²) in [6, 6.07) is 2.85. The Bertz CT molecular complexity index is 570. The number of nitrogens with one attached hydrogen (secondary N) is 1. The molecule has 0 aliphatic carbocycles. The van der Waals surface area contributed by atoms with Gasteiger partial charge in [-0.25, -0.2) is 8.78 Å². The van der Waals surface area contributed by atoms with Crippen molar-refractivity contribution < 1.29 is 18.6 Å². The van der Waals surface area contributed by atoms with Crippen LogP contribution in [0.2, 0.25) is 0 Å². The minimum absolute atomic E-state index is 0.115. The Balaban J connectivity index is 1.80. The average molecular weight is 326 g/mol. The topological polar surface area (TPSA) is 44.7 Å².